The lowest BCUT2D eigenvalue weighted by Crippen LogP contribution is -2.22. The molecule has 0 amide bonds. The fourth-order valence-electron chi connectivity index (χ4n) is 2.20. The second kappa shape index (κ2) is 4.23. The van der Waals surface area contributed by atoms with Crippen molar-refractivity contribution >= 4 is 16.7 Å². The van der Waals surface area contributed by atoms with Gasteiger partial charge in [-0.3, -0.25) is 4.79 Å². The molecule has 1 aromatic carbocycles. The van der Waals surface area contributed by atoms with Crippen LogP contribution in [0.1, 0.15) is 36.7 Å². The summed E-state index contributed by atoms with van der Waals surface area (Å²) in [5.74, 6) is -0.984. The van der Waals surface area contributed by atoms with E-state index in [2.05, 4.69) is 0 Å². The van der Waals surface area contributed by atoms with Gasteiger partial charge in [0.15, 0.2) is 0 Å². The van der Waals surface area contributed by atoms with Crippen LogP contribution in [-0.2, 0) is 12.5 Å². The monoisotopic (exact) mass is 259 g/mol. The quantitative estimate of drug-likeness (QED) is 0.856. The largest absolute Gasteiger partial charge is 0.478 e. The molecule has 0 fully saturated rings. The van der Waals surface area contributed by atoms with Crippen molar-refractivity contribution in [3.8, 4) is 0 Å². The van der Waals surface area contributed by atoms with Crippen LogP contribution in [0.25, 0.3) is 10.8 Å². The number of aryl methyl sites for hydroxylation is 1. The summed E-state index contributed by atoms with van der Waals surface area (Å²) in [6.45, 7) is 6.12. The molecule has 0 saturated carbocycles. The van der Waals surface area contributed by atoms with Crippen molar-refractivity contribution < 1.29 is 9.90 Å². The van der Waals surface area contributed by atoms with Gasteiger partial charge in [-0.2, -0.15) is 0 Å². The fraction of sp³-hybridized carbons (Fsp3) is 0.333. The number of pyridine rings is 1. The first kappa shape index (κ1) is 13.3. The van der Waals surface area contributed by atoms with E-state index in [1.54, 1.807) is 29.9 Å². The number of benzene rings is 1. The fourth-order valence-corrected chi connectivity index (χ4v) is 2.20. The number of hydrogen-bond acceptors (Lipinski definition) is 2. The molecule has 4 heteroatoms. The summed E-state index contributed by atoms with van der Waals surface area (Å²) >= 11 is 0. The van der Waals surface area contributed by atoms with E-state index in [0.717, 1.165) is 10.9 Å². The molecule has 0 unspecified atom stereocenters. The number of fused-ring (bicyclic) bond motifs is 1. The van der Waals surface area contributed by atoms with E-state index in [-0.39, 0.29) is 16.5 Å². The first-order valence-electron chi connectivity index (χ1n) is 6.09. The third-order valence-electron chi connectivity index (χ3n) is 3.24. The standard InChI is InChI=1S/C15H17NO3/c1-15(2,3)12-8-16(4)13(17)10-6-5-9(14(18)19)7-11(10)12/h5-8H,1-4H3,(H,18,19). The Bertz CT molecular complexity index is 720. The van der Waals surface area contributed by atoms with E-state index in [4.69, 9.17) is 5.11 Å². The smallest absolute Gasteiger partial charge is 0.335 e. The van der Waals surface area contributed by atoms with Crippen LogP contribution in [-0.4, -0.2) is 15.6 Å². The minimum Gasteiger partial charge on any atom is -0.478 e. The molecule has 100 valence electrons. The van der Waals surface area contributed by atoms with Crippen LogP contribution in [0.3, 0.4) is 0 Å². The predicted molar refractivity (Wildman–Crippen MR) is 74.8 cm³/mol. The maximum Gasteiger partial charge on any atom is 0.335 e. The second-order valence-corrected chi connectivity index (χ2v) is 5.77. The van der Waals surface area contributed by atoms with Crippen LogP contribution in [0.4, 0.5) is 0 Å². The highest BCUT2D eigenvalue weighted by Gasteiger charge is 2.20. The molecule has 0 aliphatic heterocycles. The van der Waals surface area contributed by atoms with Crippen LogP contribution < -0.4 is 5.56 Å². The van der Waals surface area contributed by atoms with Gasteiger partial charge in [0.05, 0.1) is 5.56 Å². The minimum absolute atomic E-state index is 0.111. The maximum atomic E-state index is 12.1. The number of hydrogen-bond donors (Lipinski definition) is 1. The molecule has 0 aliphatic rings. The Balaban J connectivity index is 2.95. The van der Waals surface area contributed by atoms with Gasteiger partial charge in [-0.05, 0) is 34.6 Å². The van der Waals surface area contributed by atoms with Crippen molar-refractivity contribution in [1.82, 2.24) is 4.57 Å². The minimum atomic E-state index is -0.984. The summed E-state index contributed by atoms with van der Waals surface area (Å²) in [5.41, 5.74) is 0.889. The summed E-state index contributed by atoms with van der Waals surface area (Å²) in [7, 11) is 1.71. The molecule has 19 heavy (non-hydrogen) atoms. The molecule has 2 rings (SSSR count). The predicted octanol–water partition coefficient (Wildman–Crippen LogP) is 2.53. The number of rotatable bonds is 1. The molecule has 2 aromatic rings. The van der Waals surface area contributed by atoms with Gasteiger partial charge in [0.1, 0.15) is 0 Å². The van der Waals surface area contributed by atoms with Crippen molar-refractivity contribution in [3.05, 3.63) is 45.9 Å². The van der Waals surface area contributed by atoms with Gasteiger partial charge >= 0.3 is 5.97 Å². The van der Waals surface area contributed by atoms with E-state index in [0.29, 0.717) is 5.39 Å². The molecule has 4 nitrogen and oxygen atoms in total. The molecular weight excluding hydrogens is 242 g/mol. The third-order valence-corrected chi connectivity index (χ3v) is 3.24. The van der Waals surface area contributed by atoms with Crippen LogP contribution >= 0.6 is 0 Å². The highest BCUT2D eigenvalue weighted by atomic mass is 16.4. The first-order valence-corrected chi connectivity index (χ1v) is 6.09. The normalized spacial score (nSPS) is 11.8. The lowest BCUT2D eigenvalue weighted by Gasteiger charge is -2.22. The molecule has 0 spiro atoms. The number of nitrogens with zero attached hydrogens (tertiary/aromatic N) is 1. The number of carboxylic acids is 1. The van der Waals surface area contributed by atoms with E-state index < -0.39 is 5.97 Å². The highest BCUT2D eigenvalue weighted by molar-refractivity contribution is 5.95. The molecular formula is C15H17NO3. The van der Waals surface area contributed by atoms with Crippen molar-refractivity contribution in [2.45, 2.75) is 26.2 Å². The Morgan fingerprint density at radius 3 is 2.37 bits per heavy atom. The molecule has 1 heterocycles. The lowest BCUT2D eigenvalue weighted by molar-refractivity contribution is 0.0697. The van der Waals surface area contributed by atoms with Crippen molar-refractivity contribution in [1.29, 1.82) is 0 Å². The molecule has 0 bridgehead atoms. The first-order chi connectivity index (χ1) is 8.71. The highest BCUT2D eigenvalue weighted by Crippen LogP contribution is 2.28. The summed E-state index contributed by atoms with van der Waals surface area (Å²) < 4.78 is 1.54. The van der Waals surface area contributed by atoms with Gasteiger partial charge in [-0.1, -0.05) is 20.8 Å². The summed E-state index contributed by atoms with van der Waals surface area (Å²) in [5, 5.41) is 10.4. The Morgan fingerprint density at radius 1 is 1.21 bits per heavy atom. The average Bonchev–Trinajstić information content (AvgIpc) is 2.31. The van der Waals surface area contributed by atoms with Crippen molar-refractivity contribution in [3.63, 3.8) is 0 Å². The molecule has 1 N–H and O–H groups in total. The Morgan fingerprint density at radius 2 is 1.84 bits per heavy atom. The zero-order valence-electron chi connectivity index (χ0n) is 11.5. The van der Waals surface area contributed by atoms with Gasteiger partial charge in [0, 0.05) is 18.6 Å². The SMILES string of the molecule is Cn1cc(C(C)(C)C)c2cc(C(=O)O)ccc2c1=O. The summed E-state index contributed by atoms with van der Waals surface area (Å²) in [4.78, 5) is 23.2. The third kappa shape index (κ3) is 2.26. The van der Waals surface area contributed by atoms with Gasteiger partial charge in [0.25, 0.3) is 5.56 Å². The van der Waals surface area contributed by atoms with Crippen molar-refractivity contribution in [2.75, 3.05) is 0 Å². The van der Waals surface area contributed by atoms with Gasteiger partial charge in [-0.25, -0.2) is 4.79 Å². The van der Waals surface area contributed by atoms with E-state index in [1.165, 1.54) is 6.07 Å². The second-order valence-electron chi connectivity index (χ2n) is 5.77. The molecule has 1 aromatic heterocycles. The van der Waals surface area contributed by atoms with Crippen LogP contribution in [0, 0.1) is 0 Å². The summed E-state index contributed by atoms with van der Waals surface area (Å²) in [6, 6.07) is 4.65. The van der Waals surface area contributed by atoms with E-state index >= 15 is 0 Å². The van der Waals surface area contributed by atoms with Crippen LogP contribution in [0.2, 0.25) is 0 Å². The molecule has 0 radical (unpaired) electrons. The van der Waals surface area contributed by atoms with Gasteiger partial charge in [-0.15, -0.1) is 0 Å². The van der Waals surface area contributed by atoms with Crippen LogP contribution in [0.15, 0.2) is 29.2 Å². The van der Waals surface area contributed by atoms with Gasteiger partial charge < -0.3 is 9.67 Å². The maximum absolute atomic E-state index is 12.1. The Labute approximate surface area is 111 Å². The zero-order valence-corrected chi connectivity index (χ0v) is 11.5. The lowest BCUT2D eigenvalue weighted by atomic mass is 9.84. The van der Waals surface area contributed by atoms with E-state index in [9.17, 15) is 9.59 Å². The number of carbonyl (C=O) groups is 1. The topological polar surface area (TPSA) is 59.3 Å². The molecule has 0 aliphatic carbocycles. The van der Waals surface area contributed by atoms with E-state index in [1.807, 2.05) is 20.8 Å². The Hall–Kier alpha value is -2.10. The zero-order chi connectivity index (χ0) is 14.4. The van der Waals surface area contributed by atoms with Crippen molar-refractivity contribution in [2.24, 2.45) is 7.05 Å². The van der Waals surface area contributed by atoms with Crippen LogP contribution in [0.5, 0.6) is 0 Å². The summed E-state index contributed by atoms with van der Waals surface area (Å²) in [6.07, 6.45) is 1.79. The number of aromatic nitrogens is 1. The molecule has 0 atom stereocenters. The average molecular weight is 259 g/mol. The number of carboxylic acid groups (broad SMARTS) is 1. The molecule has 0 saturated heterocycles. The van der Waals surface area contributed by atoms with Gasteiger partial charge in [0.2, 0.25) is 0 Å². The number of aromatic carboxylic acids is 1. The Kier molecular flexibility index (Phi) is 2.97.